The molecule has 0 aromatic heterocycles. The molecule has 23 heavy (non-hydrogen) atoms. The topological polar surface area (TPSA) is 0 Å². The van der Waals surface area contributed by atoms with Gasteiger partial charge in [0.15, 0.2) is 0 Å². The third-order valence-corrected chi connectivity index (χ3v) is 4.78. The van der Waals surface area contributed by atoms with Crippen LogP contribution < -0.4 is 0 Å². The fraction of sp³-hybridized carbons (Fsp3) is 0.217. The van der Waals surface area contributed by atoms with Gasteiger partial charge in [-0.05, 0) is 48.4 Å². The van der Waals surface area contributed by atoms with Crippen LogP contribution in [0.15, 0.2) is 79.4 Å². The number of rotatable bonds is 4. The summed E-state index contributed by atoms with van der Waals surface area (Å²) in [7, 11) is 0. The summed E-state index contributed by atoms with van der Waals surface area (Å²) in [6.07, 6.45) is 3.07. The molecule has 0 amide bonds. The Labute approximate surface area is 139 Å². The standard InChI is InChI=1S/C23H24/c1-16(2)20-13-10-19(11-14-20)15-18(4)23-17(3)9-12-21-7-5-6-8-22(21)23/h5-8,10-11,13-14,23H,1,3-4,9,12,15H2,2H3. The number of hydrogen-bond acceptors (Lipinski definition) is 0. The maximum absolute atomic E-state index is 4.40. The van der Waals surface area contributed by atoms with Gasteiger partial charge in [-0.25, -0.2) is 0 Å². The van der Waals surface area contributed by atoms with Crippen LogP contribution in [0.3, 0.4) is 0 Å². The van der Waals surface area contributed by atoms with Crippen LogP contribution in [0.4, 0.5) is 0 Å². The van der Waals surface area contributed by atoms with Crippen molar-refractivity contribution >= 4 is 5.57 Å². The molecule has 0 aliphatic heterocycles. The largest absolute Gasteiger partial charge is 0.0989 e. The quantitative estimate of drug-likeness (QED) is 0.598. The highest BCUT2D eigenvalue weighted by Gasteiger charge is 2.25. The minimum absolute atomic E-state index is 0.292. The molecule has 1 atom stereocenters. The van der Waals surface area contributed by atoms with E-state index < -0.39 is 0 Å². The first-order chi connectivity index (χ1) is 11.1. The number of benzene rings is 2. The lowest BCUT2D eigenvalue weighted by Crippen LogP contribution is -2.15. The van der Waals surface area contributed by atoms with Gasteiger partial charge in [0.2, 0.25) is 0 Å². The highest BCUT2D eigenvalue weighted by atomic mass is 14.3. The van der Waals surface area contributed by atoms with E-state index in [4.69, 9.17) is 0 Å². The molecule has 0 radical (unpaired) electrons. The number of fused-ring (bicyclic) bond motifs is 1. The first kappa shape index (κ1) is 15.6. The summed E-state index contributed by atoms with van der Waals surface area (Å²) in [5.41, 5.74) is 8.99. The Morgan fingerprint density at radius 2 is 1.70 bits per heavy atom. The van der Waals surface area contributed by atoms with Crippen LogP contribution in [-0.4, -0.2) is 0 Å². The van der Waals surface area contributed by atoms with E-state index in [-0.39, 0.29) is 0 Å². The maximum Gasteiger partial charge on any atom is 0.0258 e. The molecule has 1 aliphatic carbocycles. The van der Waals surface area contributed by atoms with Crippen LogP contribution >= 0.6 is 0 Å². The third kappa shape index (κ3) is 3.22. The summed E-state index contributed by atoms with van der Waals surface area (Å²) in [4.78, 5) is 0. The van der Waals surface area contributed by atoms with Crippen molar-refractivity contribution in [2.24, 2.45) is 0 Å². The van der Waals surface area contributed by atoms with E-state index in [1.165, 1.54) is 33.4 Å². The average Bonchev–Trinajstić information content (AvgIpc) is 2.55. The zero-order chi connectivity index (χ0) is 16.4. The first-order valence-electron chi connectivity index (χ1n) is 8.24. The molecule has 1 aliphatic rings. The van der Waals surface area contributed by atoms with E-state index in [0.29, 0.717) is 5.92 Å². The zero-order valence-corrected chi connectivity index (χ0v) is 13.9. The first-order valence-corrected chi connectivity index (χ1v) is 8.24. The van der Waals surface area contributed by atoms with Crippen molar-refractivity contribution in [2.75, 3.05) is 0 Å². The van der Waals surface area contributed by atoms with E-state index in [9.17, 15) is 0 Å². The Morgan fingerprint density at radius 1 is 1.00 bits per heavy atom. The van der Waals surface area contributed by atoms with Crippen molar-refractivity contribution < 1.29 is 0 Å². The van der Waals surface area contributed by atoms with E-state index >= 15 is 0 Å². The van der Waals surface area contributed by atoms with Gasteiger partial charge < -0.3 is 0 Å². The predicted molar refractivity (Wildman–Crippen MR) is 101 cm³/mol. The average molecular weight is 300 g/mol. The molecular weight excluding hydrogens is 276 g/mol. The van der Waals surface area contributed by atoms with Gasteiger partial charge >= 0.3 is 0 Å². The van der Waals surface area contributed by atoms with E-state index in [2.05, 4.69) is 68.3 Å². The third-order valence-electron chi connectivity index (χ3n) is 4.78. The van der Waals surface area contributed by atoms with Gasteiger partial charge in [-0.3, -0.25) is 0 Å². The summed E-state index contributed by atoms with van der Waals surface area (Å²) in [5.74, 6) is 0.292. The Hall–Kier alpha value is -2.34. The lowest BCUT2D eigenvalue weighted by Gasteiger charge is -2.29. The van der Waals surface area contributed by atoms with Crippen molar-refractivity contribution in [3.8, 4) is 0 Å². The van der Waals surface area contributed by atoms with Gasteiger partial charge in [0, 0.05) is 5.92 Å². The summed E-state index contributed by atoms with van der Waals surface area (Å²) in [6, 6.07) is 17.4. The van der Waals surface area contributed by atoms with E-state index in [1.54, 1.807) is 0 Å². The van der Waals surface area contributed by atoms with Crippen molar-refractivity contribution in [2.45, 2.75) is 32.1 Å². The summed E-state index contributed by atoms with van der Waals surface area (Å²) in [6.45, 7) is 14.8. The van der Waals surface area contributed by atoms with Crippen LogP contribution in [0.2, 0.25) is 0 Å². The summed E-state index contributed by atoms with van der Waals surface area (Å²) in [5, 5.41) is 0. The van der Waals surface area contributed by atoms with Gasteiger partial charge in [-0.15, -0.1) is 0 Å². The van der Waals surface area contributed by atoms with E-state index in [0.717, 1.165) is 24.8 Å². The van der Waals surface area contributed by atoms with Crippen molar-refractivity contribution in [3.05, 3.63) is 102 Å². The monoisotopic (exact) mass is 300 g/mol. The Morgan fingerprint density at radius 3 is 2.39 bits per heavy atom. The van der Waals surface area contributed by atoms with Gasteiger partial charge in [0.05, 0.1) is 0 Å². The molecule has 0 saturated heterocycles. The molecule has 116 valence electrons. The second kappa shape index (κ2) is 6.42. The van der Waals surface area contributed by atoms with Crippen molar-refractivity contribution in [1.82, 2.24) is 0 Å². The zero-order valence-electron chi connectivity index (χ0n) is 13.9. The van der Waals surface area contributed by atoms with Gasteiger partial charge in [0.25, 0.3) is 0 Å². The summed E-state index contributed by atoms with van der Waals surface area (Å²) >= 11 is 0. The Kier molecular flexibility index (Phi) is 4.34. The highest BCUT2D eigenvalue weighted by molar-refractivity contribution is 5.61. The molecule has 0 spiro atoms. The fourth-order valence-electron chi connectivity index (χ4n) is 3.48. The highest BCUT2D eigenvalue weighted by Crippen LogP contribution is 2.40. The van der Waals surface area contributed by atoms with Crippen molar-refractivity contribution in [1.29, 1.82) is 0 Å². The van der Waals surface area contributed by atoms with Crippen LogP contribution in [0.5, 0.6) is 0 Å². The van der Waals surface area contributed by atoms with Crippen molar-refractivity contribution in [3.63, 3.8) is 0 Å². The van der Waals surface area contributed by atoms with Crippen LogP contribution in [0, 0.1) is 0 Å². The van der Waals surface area contributed by atoms with Gasteiger partial charge in [-0.1, -0.05) is 85.0 Å². The molecule has 1 unspecified atom stereocenters. The van der Waals surface area contributed by atoms with Crippen LogP contribution in [-0.2, 0) is 12.8 Å². The lowest BCUT2D eigenvalue weighted by molar-refractivity contribution is 0.746. The molecule has 0 fully saturated rings. The molecule has 0 nitrogen and oxygen atoms in total. The fourth-order valence-corrected chi connectivity index (χ4v) is 3.48. The molecule has 2 aromatic carbocycles. The molecule has 0 heteroatoms. The van der Waals surface area contributed by atoms with Crippen LogP contribution in [0.1, 0.15) is 41.5 Å². The number of aryl methyl sites for hydroxylation is 1. The molecule has 0 N–H and O–H groups in total. The lowest BCUT2D eigenvalue weighted by atomic mass is 9.75. The minimum Gasteiger partial charge on any atom is -0.0989 e. The number of hydrogen-bond donors (Lipinski definition) is 0. The Bertz CT molecular complexity index is 759. The normalized spacial score (nSPS) is 16.7. The molecule has 3 rings (SSSR count). The van der Waals surface area contributed by atoms with Gasteiger partial charge in [-0.2, -0.15) is 0 Å². The van der Waals surface area contributed by atoms with Crippen LogP contribution in [0.25, 0.3) is 5.57 Å². The predicted octanol–water partition coefficient (Wildman–Crippen LogP) is 6.10. The second-order valence-corrected chi connectivity index (χ2v) is 6.60. The summed E-state index contributed by atoms with van der Waals surface area (Å²) < 4.78 is 0. The number of allylic oxidation sites excluding steroid dienone is 3. The molecule has 0 saturated carbocycles. The smallest absolute Gasteiger partial charge is 0.0258 e. The molecular formula is C23H24. The maximum atomic E-state index is 4.40. The second-order valence-electron chi connectivity index (χ2n) is 6.60. The van der Waals surface area contributed by atoms with Gasteiger partial charge in [0.1, 0.15) is 0 Å². The Balaban J connectivity index is 1.83. The van der Waals surface area contributed by atoms with E-state index in [1.807, 2.05) is 6.92 Å². The molecule has 2 aromatic rings. The SMILES string of the molecule is C=C(C)c1ccc(CC(=C)C2C(=C)CCc3ccccc32)cc1. The molecule has 0 heterocycles. The molecule has 0 bridgehead atoms. The minimum atomic E-state index is 0.292.